The monoisotopic (exact) mass is 236 g/mol. The Morgan fingerprint density at radius 1 is 0.889 bits per heavy atom. The number of para-hydroxylation sites is 1. The Morgan fingerprint density at radius 2 is 1.56 bits per heavy atom. The minimum atomic E-state index is 0.113. The van der Waals surface area contributed by atoms with Crippen molar-refractivity contribution in [3.05, 3.63) is 66.2 Å². The van der Waals surface area contributed by atoms with Crippen LogP contribution in [0.25, 0.3) is 0 Å². The molecule has 2 aromatic rings. The van der Waals surface area contributed by atoms with Crippen LogP contribution in [0.4, 0.5) is 5.69 Å². The van der Waals surface area contributed by atoms with E-state index in [1.165, 1.54) is 11.3 Å². The molecule has 0 fully saturated rings. The predicted octanol–water partition coefficient (Wildman–Crippen LogP) is 3.67. The smallest absolute Gasteiger partial charge is 0.146 e. The van der Waals surface area contributed by atoms with Crippen molar-refractivity contribution in [2.45, 2.75) is 12.6 Å². The van der Waals surface area contributed by atoms with Crippen molar-refractivity contribution in [1.29, 1.82) is 0 Å². The Balaban J connectivity index is 1.96. The lowest BCUT2D eigenvalue weighted by atomic mass is 10.1. The highest BCUT2D eigenvalue weighted by Crippen LogP contribution is 2.29. The largest absolute Gasteiger partial charge is 0.346 e. The molecule has 2 nitrogen and oxygen atoms in total. The van der Waals surface area contributed by atoms with Crippen molar-refractivity contribution in [3.63, 3.8) is 0 Å². The molecule has 0 aliphatic carbocycles. The zero-order valence-electron chi connectivity index (χ0n) is 10.2. The van der Waals surface area contributed by atoms with Gasteiger partial charge in [0.25, 0.3) is 0 Å². The minimum Gasteiger partial charge on any atom is -0.346 e. The molecular formula is C16H16N2. The van der Waals surface area contributed by atoms with Gasteiger partial charge in [-0.25, -0.2) is 0 Å². The average Bonchev–Trinajstić information content (AvgIpc) is 2.49. The van der Waals surface area contributed by atoms with E-state index in [0.717, 1.165) is 13.0 Å². The Bertz CT molecular complexity index is 519. The second-order valence-electron chi connectivity index (χ2n) is 4.43. The molecule has 0 bridgehead atoms. The molecule has 0 saturated carbocycles. The van der Waals surface area contributed by atoms with Gasteiger partial charge in [0.05, 0.1) is 0 Å². The Morgan fingerprint density at radius 3 is 2.28 bits per heavy atom. The third-order valence-corrected chi connectivity index (χ3v) is 3.23. The number of rotatable bonds is 2. The number of anilines is 1. The van der Waals surface area contributed by atoms with Gasteiger partial charge >= 0.3 is 0 Å². The molecule has 90 valence electrons. The van der Waals surface area contributed by atoms with E-state index in [2.05, 4.69) is 58.4 Å². The van der Waals surface area contributed by atoms with Crippen LogP contribution in [0.2, 0.25) is 0 Å². The van der Waals surface area contributed by atoms with Crippen LogP contribution in [0.3, 0.4) is 0 Å². The molecule has 3 rings (SSSR count). The first-order valence-corrected chi connectivity index (χ1v) is 6.33. The molecule has 1 heterocycles. The van der Waals surface area contributed by atoms with Gasteiger partial charge in [0.15, 0.2) is 0 Å². The highest BCUT2D eigenvalue weighted by Gasteiger charge is 2.21. The van der Waals surface area contributed by atoms with Crippen molar-refractivity contribution >= 4 is 11.9 Å². The van der Waals surface area contributed by atoms with Gasteiger partial charge in [-0.05, 0) is 17.7 Å². The normalized spacial score (nSPS) is 18.9. The number of hydrogen-bond acceptors (Lipinski definition) is 2. The van der Waals surface area contributed by atoms with E-state index in [-0.39, 0.29) is 6.17 Å². The quantitative estimate of drug-likeness (QED) is 0.776. The van der Waals surface area contributed by atoms with Crippen molar-refractivity contribution < 1.29 is 0 Å². The van der Waals surface area contributed by atoms with E-state index in [4.69, 9.17) is 0 Å². The fourth-order valence-corrected chi connectivity index (χ4v) is 2.35. The molecule has 0 aromatic heterocycles. The van der Waals surface area contributed by atoms with Crippen LogP contribution in [-0.4, -0.2) is 12.8 Å². The third kappa shape index (κ3) is 2.14. The first-order valence-electron chi connectivity index (χ1n) is 6.33. The molecule has 1 aliphatic heterocycles. The molecule has 0 saturated heterocycles. The molecule has 1 unspecified atom stereocenters. The first-order chi connectivity index (χ1) is 8.95. The maximum absolute atomic E-state index is 4.66. The summed E-state index contributed by atoms with van der Waals surface area (Å²) in [4.78, 5) is 7.01. The van der Waals surface area contributed by atoms with Gasteiger partial charge in [0.2, 0.25) is 0 Å². The number of hydrogen-bond donors (Lipinski definition) is 0. The lowest BCUT2D eigenvalue weighted by Crippen LogP contribution is -2.31. The average molecular weight is 236 g/mol. The molecule has 0 N–H and O–H groups in total. The van der Waals surface area contributed by atoms with E-state index >= 15 is 0 Å². The van der Waals surface area contributed by atoms with Crippen LogP contribution >= 0.6 is 0 Å². The van der Waals surface area contributed by atoms with Crippen LogP contribution in [0.5, 0.6) is 0 Å². The van der Waals surface area contributed by atoms with Crippen LogP contribution in [0.15, 0.2) is 65.7 Å². The van der Waals surface area contributed by atoms with Crippen LogP contribution in [0, 0.1) is 0 Å². The zero-order valence-corrected chi connectivity index (χ0v) is 10.2. The van der Waals surface area contributed by atoms with Crippen molar-refractivity contribution in [2.24, 2.45) is 4.99 Å². The molecule has 2 aromatic carbocycles. The second kappa shape index (κ2) is 5.05. The Kier molecular flexibility index (Phi) is 3.09. The molecule has 0 spiro atoms. The number of nitrogens with zero attached hydrogens (tertiary/aromatic N) is 2. The summed E-state index contributed by atoms with van der Waals surface area (Å²) in [5.41, 5.74) is 2.49. The summed E-state index contributed by atoms with van der Waals surface area (Å²) in [5.74, 6) is 0. The van der Waals surface area contributed by atoms with E-state index in [0.29, 0.717) is 0 Å². The van der Waals surface area contributed by atoms with Gasteiger partial charge in [-0.3, -0.25) is 4.99 Å². The number of aliphatic imine (C=N–C) groups is 1. The van der Waals surface area contributed by atoms with E-state index in [1.54, 1.807) is 0 Å². The van der Waals surface area contributed by atoms with Gasteiger partial charge in [0.1, 0.15) is 6.17 Å². The van der Waals surface area contributed by atoms with Gasteiger partial charge in [0, 0.05) is 24.9 Å². The summed E-state index contributed by atoms with van der Waals surface area (Å²) in [6, 6.07) is 21.0. The lowest BCUT2D eigenvalue weighted by molar-refractivity contribution is 0.633. The van der Waals surface area contributed by atoms with Crippen molar-refractivity contribution in [2.75, 3.05) is 11.4 Å². The summed E-state index contributed by atoms with van der Waals surface area (Å²) < 4.78 is 0. The molecular weight excluding hydrogens is 220 g/mol. The molecule has 2 heteroatoms. The standard InChI is InChI=1S/C16H16N2/c1-3-8-14(9-4-1)16-17-12-7-13-18(16)15-10-5-2-6-11-15/h1-6,8-12,16H,7,13H2. The molecule has 18 heavy (non-hydrogen) atoms. The molecule has 0 amide bonds. The van der Waals surface area contributed by atoms with Crippen molar-refractivity contribution in [3.8, 4) is 0 Å². The molecule has 0 radical (unpaired) electrons. The maximum atomic E-state index is 4.66. The SMILES string of the molecule is C1=NC(c2ccccc2)N(c2ccccc2)CC1. The highest BCUT2D eigenvalue weighted by atomic mass is 15.3. The summed E-state index contributed by atoms with van der Waals surface area (Å²) in [5, 5.41) is 0. The first kappa shape index (κ1) is 11.0. The predicted molar refractivity (Wildman–Crippen MR) is 76.1 cm³/mol. The third-order valence-electron chi connectivity index (χ3n) is 3.23. The van der Waals surface area contributed by atoms with Gasteiger partial charge < -0.3 is 4.90 Å². The van der Waals surface area contributed by atoms with E-state index < -0.39 is 0 Å². The van der Waals surface area contributed by atoms with Crippen molar-refractivity contribution in [1.82, 2.24) is 0 Å². The van der Waals surface area contributed by atoms with Crippen LogP contribution < -0.4 is 4.90 Å². The summed E-state index contributed by atoms with van der Waals surface area (Å²) >= 11 is 0. The lowest BCUT2D eigenvalue weighted by Gasteiger charge is -2.33. The maximum Gasteiger partial charge on any atom is 0.146 e. The minimum absolute atomic E-state index is 0.113. The highest BCUT2D eigenvalue weighted by molar-refractivity contribution is 5.63. The topological polar surface area (TPSA) is 15.6 Å². The Hall–Kier alpha value is -2.09. The number of benzene rings is 2. The zero-order chi connectivity index (χ0) is 12.2. The summed E-state index contributed by atoms with van der Waals surface area (Å²) in [6.45, 7) is 1.02. The van der Waals surface area contributed by atoms with E-state index in [1.807, 2.05) is 18.3 Å². The van der Waals surface area contributed by atoms with Gasteiger partial charge in [-0.1, -0.05) is 48.5 Å². The van der Waals surface area contributed by atoms with Crippen LogP contribution in [0.1, 0.15) is 18.2 Å². The Labute approximate surface area is 108 Å². The fourth-order valence-electron chi connectivity index (χ4n) is 2.35. The second-order valence-corrected chi connectivity index (χ2v) is 4.43. The summed E-state index contributed by atoms with van der Waals surface area (Å²) in [6.07, 6.45) is 3.16. The van der Waals surface area contributed by atoms with Gasteiger partial charge in [-0.2, -0.15) is 0 Å². The molecule has 1 atom stereocenters. The fraction of sp³-hybridized carbons (Fsp3) is 0.188. The molecule has 1 aliphatic rings. The van der Waals surface area contributed by atoms with Gasteiger partial charge in [-0.15, -0.1) is 0 Å². The summed E-state index contributed by atoms with van der Waals surface area (Å²) in [7, 11) is 0. The van der Waals surface area contributed by atoms with E-state index in [9.17, 15) is 0 Å². The van der Waals surface area contributed by atoms with Crippen LogP contribution in [-0.2, 0) is 0 Å².